The lowest BCUT2D eigenvalue weighted by Gasteiger charge is -2.36. The van der Waals surface area contributed by atoms with Crippen LogP contribution in [0, 0.1) is 5.41 Å². The molecule has 0 heterocycles. The summed E-state index contributed by atoms with van der Waals surface area (Å²) in [7, 11) is 0. The van der Waals surface area contributed by atoms with Crippen LogP contribution in [0.2, 0.25) is 0 Å². The number of rotatable bonds is 8. The van der Waals surface area contributed by atoms with E-state index in [4.69, 9.17) is 9.47 Å². The molecule has 0 radical (unpaired) electrons. The molecule has 4 nitrogen and oxygen atoms in total. The van der Waals surface area contributed by atoms with E-state index in [0.29, 0.717) is 0 Å². The van der Waals surface area contributed by atoms with Crippen molar-refractivity contribution in [3.05, 3.63) is 46.6 Å². The molecule has 0 N–H and O–H groups in total. The first-order valence-corrected chi connectivity index (χ1v) is 10.0. The summed E-state index contributed by atoms with van der Waals surface area (Å²) in [5.74, 6) is -0.547. The van der Waals surface area contributed by atoms with Crippen LogP contribution in [0.3, 0.4) is 0 Å². The van der Waals surface area contributed by atoms with Gasteiger partial charge in [0.2, 0.25) is 0 Å². The van der Waals surface area contributed by atoms with E-state index >= 15 is 0 Å². The van der Waals surface area contributed by atoms with Crippen LogP contribution >= 0.6 is 0 Å². The molecule has 1 aliphatic rings. The largest absolute Gasteiger partial charge is 0.462 e. The Bertz CT molecular complexity index is 689. The molecule has 1 unspecified atom stereocenters. The van der Waals surface area contributed by atoms with E-state index in [1.807, 2.05) is 38.2 Å². The molecule has 4 heteroatoms. The van der Waals surface area contributed by atoms with Gasteiger partial charge in [0.1, 0.15) is 12.7 Å². The number of hydrogen-bond acceptors (Lipinski definition) is 4. The van der Waals surface area contributed by atoms with E-state index in [0.717, 1.165) is 24.0 Å². The van der Waals surface area contributed by atoms with Gasteiger partial charge in [0.25, 0.3) is 0 Å². The van der Waals surface area contributed by atoms with E-state index in [1.165, 1.54) is 37.8 Å². The summed E-state index contributed by atoms with van der Waals surface area (Å²) in [6.07, 6.45) is 11.7. The second kappa shape index (κ2) is 11.0. The Kier molecular flexibility index (Phi) is 9.44. The SMILES string of the molecule is CC(=O)OC/C=C(C)/C=C/C=C(\C)C(CC1=C(C)CCCC1(C)C)OC(C)=O. The second-order valence-electron chi connectivity index (χ2n) is 8.32. The van der Waals surface area contributed by atoms with Crippen LogP contribution in [0.1, 0.15) is 74.1 Å². The fraction of sp³-hybridized carbons (Fsp3) is 0.583. The van der Waals surface area contributed by atoms with Crippen molar-refractivity contribution in [1.29, 1.82) is 0 Å². The van der Waals surface area contributed by atoms with Crippen molar-refractivity contribution in [2.45, 2.75) is 80.3 Å². The predicted octanol–water partition coefficient (Wildman–Crippen LogP) is 5.85. The molecule has 1 atom stereocenters. The average molecular weight is 389 g/mol. The molecular weight excluding hydrogens is 352 g/mol. The first kappa shape index (κ1) is 23.9. The highest BCUT2D eigenvalue weighted by Crippen LogP contribution is 2.43. The second-order valence-corrected chi connectivity index (χ2v) is 8.32. The molecule has 0 fully saturated rings. The zero-order valence-electron chi connectivity index (χ0n) is 18.6. The van der Waals surface area contributed by atoms with Gasteiger partial charge in [-0.05, 0) is 57.1 Å². The Morgan fingerprint density at radius 2 is 1.82 bits per heavy atom. The van der Waals surface area contributed by atoms with E-state index < -0.39 is 0 Å². The minimum absolute atomic E-state index is 0.146. The molecule has 1 aliphatic carbocycles. The summed E-state index contributed by atoms with van der Waals surface area (Å²) >= 11 is 0. The van der Waals surface area contributed by atoms with Crippen molar-refractivity contribution in [3.8, 4) is 0 Å². The van der Waals surface area contributed by atoms with Gasteiger partial charge < -0.3 is 9.47 Å². The van der Waals surface area contributed by atoms with E-state index in [1.54, 1.807) is 0 Å². The molecule has 156 valence electrons. The Morgan fingerprint density at radius 1 is 1.14 bits per heavy atom. The van der Waals surface area contributed by atoms with Crippen LogP contribution in [0.15, 0.2) is 46.6 Å². The molecule has 28 heavy (non-hydrogen) atoms. The Morgan fingerprint density at radius 3 is 2.39 bits per heavy atom. The van der Waals surface area contributed by atoms with Crippen LogP contribution in [-0.2, 0) is 19.1 Å². The maximum Gasteiger partial charge on any atom is 0.303 e. The zero-order valence-corrected chi connectivity index (χ0v) is 18.6. The highest BCUT2D eigenvalue weighted by atomic mass is 16.5. The van der Waals surface area contributed by atoms with E-state index in [2.05, 4.69) is 20.8 Å². The van der Waals surface area contributed by atoms with Crippen molar-refractivity contribution in [2.75, 3.05) is 6.61 Å². The lowest BCUT2D eigenvalue weighted by atomic mass is 9.70. The van der Waals surface area contributed by atoms with Gasteiger partial charge in [0.15, 0.2) is 0 Å². The molecule has 0 amide bonds. The molecular formula is C24H36O4. The monoisotopic (exact) mass is 388 g/mol. The Balaban J connectivity index is 2.91. The topological polar surface area (TPSA) is 52.6 Å². The molecule has 1 rings (SSSR count). The molecule has 0 spiro atoms. The predicted molar refractivity (Wildman–Crippen MR) is 114 cm³/mol. The standard InChI is InChI=1S/C24H36O4/c1-17(13-15-27-20(4)25)10-8-11-19(3)23(28-21(5)26)16-22-18(2)12-9-14-24(22,6)7/h8,10-11,13,23H,9,12,14-16H2,1-7H3/b10-8+,17-13+,19-11+. The summed E-state index contributed by atoms with van der Waals surface area (Å²) < 4.78 is 10.6. The van der Waals surface area contributed by atoms with Gasteiger partial charge in [-0.15, -0.1) is 0 Å². The molecule has 0 aromatic carbocycles. The summed E-state index contributed by atoms with van der Waals surface area (Å²) in [6.45, 7) is 13.9. The first-order valence-electron chi connectivity index (χ1n) is 10.0. The third-order valence-corrected chi connectivity index (χ3v) is 5.30. The van der Waals surface area contributed by atoms with Gasteiger partial charge in [-0.3, -0.25) is 9.59 Å². The van der Waals surface area contributed by atoms with Crippen LogP contribution in [0.4, 0.5) is 0 Å². The third kappa shape index (κ3) is 8.28. The fourth-order valence-electron chi connectivity index (χ4n) is 3.62. The maximum absolute atomic E-state index is 11.7. The van der Waals surface area contributed by atoms with Gasteiger partial charge in [-0.25, -0.2) is 0 Å². The van der Waals surface area contributed by atoms with Crippen LogP contribution in [0.5, 0.6) is 0 Å². The van der Waals surface area contributed by atoms with Crippen molar-refractivity contribution in [1.82, 2.24) is 0 Å². The van der Waals surface area contributed by atoms with Crippen molar-refractivity contribution in [3.63, 3.8) is 0 Å². The minimum Gasteiger partial charge on any atom is -0.462 e. The van der Waals surface area contributed by atoms with Gasteiger partial charge >= 0.3 is 11.9 Å². The quantitative estimate of drug-likeness (QED) is 0.297. The van der Waals surface area contributed by atoms with Crippen LogP contribution < -0.4 is 0 Å². The number of allylic oxidation sites excluding steroid dienone is 5. The summed E-state index contributed by atoms with van der Waals surface area (Å²) in [5.41, 5.74) is 5.01. The van der Waals surface area contributed by atoms with E-state index in [9.17, 15) is 9.59 Å². The molecule has 0 aromatic heterocycles. The smallest absolute Gasteiger partial charge is 0.303 e. The molecule has 0 saturated carbocycles. The van der Waals surface area contributed by atoms with Gasteiger partial charge in [-0.2, -0.15) is 0 Å². The molecule has 0 bridgehead atoms. The van der Waals surface area contributed by atoms with Gasteiger partial charge in [0, 0.05) is 20.3 Å². The Hall–Kier alpha value is -2.10. The number of esters is 2. The zero-order chi connectivity index (χ0) is 21.3. The van der Waals surface area contributed by atoms with Crippen molar-refractivity contribution < 1.29 is 19.1 Å². The minimum atomic E-state index is -0.289. The average Bonchev–Trinajstić information content (AvgIpc) is 2.56. The van der Waals surface area contributed by atoms with Gasteiger partial charge in [-0.1, -0.05) is 48.8 Å². The van der Waals surface area contributed by atoms with Crippen molar-refractivity contribution in [2.24, 2.45) is 5.41 Å². The van der Waals surface area contributed by atoms with Crippen LogP contribution in [-0.4, -0.2) is 24.6 Å². The maximum atomic E-state index is 11.7. The molecule has 0 aliphatic heterocycles. The lowest BCUT2D eigenvalue weighted by Crippen LogP contribution is -2.26. The first-order chi connectivity index (χ1) is 13.0. The van der Waals surface area contributed by atoms with Crippen molar-refractivity contribution >= 4 is 11.9 Å². The number of carbonyl (C=O) groups excluding carboxylic acids is 2. The molecule has 0 aromatic rings. The highest BCUT2D eigenvalue weighted by molar-refractivity contribution is 5.66. The highest BCUT2D eigenvalue weighted by Gasteiger charge is 2.31. The fourth-order valence-corrected chi connectivity index (χ4v) is 3.62. The third-order valence-electron chi connectivity index (χ3n) is 5.30. The summed E-state index contributed by atoms with van der Waals surface area (Å²) in [4.78, 5) is 22.5. The van der Waals surface area contributed by atoms with Gasteiger partial charge in [0.05, 0.1) is 0 Å². The lowest BCUT2D eigenvalue weighted by molar-refractivity contribution is -0.144. The Labute approximate surface area is 170 Å². The number of ether oxygens (including phenoxy) is 2. The number of hydrogen-bond donors (Lipinski definition) is 0. The summed E-state index contributed by atoms with van der Waals surface area (Å²) in [5, 5.41) is 0. The van der Waals surface area contributed by atoms with Crippen LogP contribution in [0.25, 0.3) is 0 Å². The normalized spacial score (nSPS) is 19.0. The number of carbonyl (C=O) groups is 2. The molecule has 0 saturated heterocycles. The summed E-state index contributed by atoms with van der Waals surface area (Å²) in [6, 6.07) is 0. The van der Waals surface area contributed by atoms with E-state index in [-0.39, 0.29) is 30.1 Å².